The van der Waals surface area contributed by atoms with Crippen LogP contribution in [0.15, 0.2) is 0 Å². The number of likely N-dealkylation sites (tertiary alicyclic amines) is 1. The highest BCUT2D eigenvalue weighted by atomic mass is 16.5. The fraction of sp³-hybridized carbons (Fsp3) is 1.00. The van der Waals surface area contributed by atoms with Crippen LogP contribution in [0, 0.1) is 5.41 Å². The minimum atomic E-state index is 0.0231. The molecule has 0 bridgehead atoms. The van der Waals surface area contributed by atoms with E-state index in [1.165, 1.54) is 58.0 Å². The summed E-state index contributed by atoms with van der Waals surface area (Å²) in [5, 5.41) is 0. The lowest BCUT2D eigenvalue weighted by Crippen LogP contribution is -2.55. The molecule has 0 aromatic heterocycles. The summed E-state index contributed by atoms with van der Waals surface area (Å²) < 4.78 is 5.45. The molecular formula is C16H30N2O. The predicted molar refractivity (Wildman–Crippen MR) is 78.2 cm³/mol. The van der Waals surface area contributed by atoms with Gasteiger partial charge < -0.3 is 15.4 Å². The van der Waals surface area contributed by atoms with Crippen molar-refractivity contribution in [3.63, 3.8) is 0 Å². The number of ether oxygens (including phenoxy) is 1. The lowest BCUT2D eigenvalue weighted by molar-refractivity contribution is 0.0157. The second-order valence-electron chi connectivity index (χ2n) is 7.31. The molecule has 3 aliphatic rings. The van der Waals surface area contributed by atoms with Crippen molar-refractivity contribution in [2.45, 2.75) is 63.3 Å². The van der Waals surface area contributed by atoms with Gasteiger partial charge >= 0.3 is 0 Å². The van der Waals surface area contributed by atoms with Gasteiger partial charge in [-0.05, 0) is 57.0 Å². The van der Waals surface area contributed by atoms with Gasteiger partial charge in [0, 0.05) is 25.3 Å². The van der Waals surface area contributed by atoms with Gasteiger partial charge in [0.1, 0.15) is 0 Å². The third kappa shape index (κ3) is 3.32. The fourth-order valence-corrected chi connectivity index (χ4v) is 4.37. The lowest BCUT2D eigenvalue weighted by atomic mass is 9.68. The number of piperidine rings is 1. The van der Waals surface area contributed by atoms with Crippen molar-refractivity contribution in [2.24, 2.45) is 11.1 Å². The Labute approximate surface area is 117 Å². The Morgan fingerprint density at radius 1 is 0.842 bits per heavy atom. The van der Waals surface area contributed by atoms with E-state index in [1.54, 1.807) is 0 Å². The van der Waals surface area contributed by atoms with Gasteiger partial charge in [-0.2, -0.15) is 0 Å². The quantitative estimate of drug-likeness (QED) is 0.835. The molecule has 3 rings (SSSR count). The highest BCUT2D eigenvalue weighted by Gasteiger charge is 2.37. The number of hydrogen-bond acceptors (Lipinski definition) is 3. The third-order valence-corrected chi connectivity index (χ3v) is 5.86. The number of hydrogen-bond donors (Lipinski definition) is 1. The van der Waals surface area contributed by atoms with E-state index in [2.05, 4.69) is 4.90 Å². The third-order valence-electron chi connectivity index (χ3n) is 5.86. The van der Waals surface area contributed by atoms with Crippen molar-refractivity contribution in [2.75, 3.05) is 32.8 Å². The van der Waals surface area contributed by atoms with Crippen LogP contribution in [0.3, 0.4) is 0 Å². The Morgan fingerprint density at radius 3 is 2.11 bits per heavy atom. The molecule has 1 saturated carbocycles. The van der Waals surface area contributed by atoms with Gasteiger partial charge in [-0.3, -0.25) is 0 Å². The Morgan fingerprint density at radius 2 is 1.47 bits per heavy atom. The molecular weight excluding hydrogens is 236 g/mol. The minimum absolute atomic E-state index is 0.0231. The summed E-state index contributed by atoms with van der Waals surface area (Å²) in [6.45, 7) is 5.36. The lowest BCUT2D eigenvalue weighted by Gasteiger charge is -2.47. The molecule has 2 aliphatic heterocycles. The minimum Gasteiger partial charge on any atom is -0.381 e. The normalized spacial score (nSPS) is 31.4. The standard InChI is InChI=1S/C16H30N2O/c17-16(8-12-19-13-9-16)14-18-10-6-15(7-11-18)4-2-1-3-5-15/h1-14,17H2. The van der Waals surface area contributed by atoms with E-state index in [-0.39, 0.29) is 5.54 Å². The molecule has 1 spiro atoms. The molecule has 0 atom stereocenters. The van der Waals surface area contributed by atoms with Crippen molar-refractivity contribution < 1.29 is 4.74 Å². The molecule has 110 valence electrons. The van der Waals surface area contributed by atoms with Crippen LogP contribution in [0.25, 0.3) is 0 Å². The smallest absolute Gasteiger partial charge is 0.0484 e. The molecule has 0 aromatic carbocycles. The summed E-state index contributed by atoms with van der Waals surface area (Å²) in [7, 11) is 0. The molecule has 0 unspecified atom stereocenters. The van der Waals surface area contributed by atoms with E-state index in [9.17, 15) is 0 Å². The molecule has 3 nitrogen and oxygen atoms in total. The zero-order valence-electron chi connectivity index (χ0n) is 12.3. The van der Waals surface area contributed by atoms with Crippen LogP contribution in [0.4, 0.5) is 0 Å². The summed E-state index contributed by atoms with van der Waals surface area (Å²) in [6.07, 6.45) is 12.3. The maximum atomic E-state index is 6.54. The van der Waals surface area contributed by atoms with E-state index >= 15 is 0 Å². The van der Waals surface area contributed by atoms with Crippen molar-refractivity contribution in [3.8, 4) is 0 Å². The van der Waals surface area contributed by atoms with Gasteiger partial charge in [-0.1, -0.05) is 19.3 Å². The molecule has 0 amide bonds. The van der Waals surface area contributed by atoms with E-state index < -0.39 is 0 Å². The Bertz CT molecular complexity index is 283. The van der Waals surface area contributed by atoms with Crippen LogP contribution >= 0.6 is 0 Å². The average Bonchev–Trinajstić information content (AvgIpc) is 2.43. The largest absolute Gasteiger partial charge is 0.381 e. The van der Waals surface area contributed by atoms with Crippen LogP contribution in [-0.2, 0) is 4.74 Å². The van der Waals surface area contributed by atoms with Crippen molar-refractivity contribution in [3.05, 3.63) is 0 Å². The van der Waals surface area contributed by atoms with Crippen molar-refractivity contribution in [1.29, 1.82) is 0 Å². The predicted octanol–water partition coefficient (Wildman–Crippen LogP) is 2.54. The van der Waals surface area contributed by atoms with Crippen LogP contribution in [0.2, 0.25) is 0 Å². The highest BCUT2D eigenvalue weighted by molar-refractivity contribution is 4.93. The SMILES string of the molecule is NC1(CN2CCC3(CCCCC3)CC2)CCOCC1. The summed E-state index contributed by atoms with van der Waals surface area (Å²) >= 11 is 0. The molecule has 2 saturated heterocycles. The number of nitrogens with two attached hydrogens (primary N) is 1. The Hall–Kier alpha value is -0.120. The van der Waals surface area contributed by atoms with Crippen LogP contribution in [-0.4, -0.2) is 43.3 Å². The maximum Gasteiger partial charge on any atom is 0.0484 e. The second kappa shape index (κ2) is 5.71. The molecule has 0 radical (unpaired) electrons. The molecule has 2 N–H and O–H groups in total. The number of nitrogens with zero attached hydrogens (tertiary/aromatic N) is 1. The molecule has 3 heteroatoms. The topological polar surface area (TPSA) is 38.5 Å². The number of rotatable bonds is 2. The first-order chi connectivity index (χ1) is 9.20. The molecule has 0 aromatic rings. The second-order valence-corrected chi connectivity index (χ2v) is 7.31. The summed E-state index contributed by atoms with van der Waals surface area (Å²) in [5.41, 5.74) is 7.28. The van der Waals surface area contributed by atoms with E-state index in [1.807, 2.05) is 0 Å². The van der Waals surface area contributed by atoms with Gasteiger partial charge in [0.15, 0.2) is 0 Å². The first-order valence-electron chi connectivity index (χ1n) is 8.29. The zero-order valence-corrected chi connectivity index (χ0v) is 12.3. The van der Waals surface area contributed by atoms with Gasteiger partial charge in [0.2, 0.25) is 0 Å². The Balaban J connectivity index is 1.49. The van der Waals surface area contributed by atoms with Crippen LogP contribution < -0.4 is 5.73 Å². The molecule has 19 heavy (non-hydrogen) atoms. The van der Waals surface area contributed by atoms with Gasteiger partial charge in [0.05, 0.1) is 0 Å². The average molecular weight is 266 g/mol. The summed E-state index contributed by atoms with van der Waals surface area (Å²) in [4.78, 5) is 2.63. The summed E-state index contributed by atoms with van der Waals surface area (Å²) in [6, 6.07) is 0. The van der Waals surface area contributed by atoms with Crippen molar-refractivity contribution >= 4 is 0 Å². The zero-order chi connectivity index (χ0) is 13.2. The summed E-state index contributed by atoms with van der Waals surface area (Å²) in [5.74, 6) is 0. The Kier molecular flexibility index (Phi) is 4.16. The molecule has 1 aliphatic carbocycles. The van der Waals surface area contributed by atoms with Gasteiger partial charge in [0.25, 0.3) is 0 Å². The fourth-order valence-electron chi connectivity index (χ4n) is 4.37. The van der Waals surface area contributed by atoms with E-state index in [0.717, 1.165) is 32.6 Å². The maximum absolute atomic E-state index is 6.54. The van der Waals surface area contributed by atoms with Crippen LogP contribution in [0.1, 0.15) is 57.8 Å². The molecule has 3 fully saturated rings. The van der Waals surface area contributed by atoms with Crippen molar-refractivity contribution in [1.82, 2.24) is 4.90 Å². The van der Waals surface area contributed by atoms with Crippen LogP contribution in [0.5, 0.6) is 0 Å². The highest BCUT2D eigenvalue weighted by Crippen LogP contribution is 2.44. The first kappa shape index (κ1) is 13.8. The van der Waals surface area contributed by atoms with E-state index in [0.29, 0.717) is 5.41 Å². The van der Waals surface area contributed by atoms with Gasteiger partial charge in [-0.25, -0.2) is 0 Å². The van der Waals surface area contributed by atoms with E-state index in [4.69, 9.17) is 10.5 Å². The monoisotopic (exact) mass is 266 g/mol. The van der Waals surface area contributed by atoms with Gasteiger partial charge in [-0.15, -0.1) is 0 Å². The first-order valence-corrected chi connectivity index (χ1v) is 8.29. The molecule has 2 heterocycles.